The molecule has 3 aromatic rings. The van der Waals surface area contributed by atoms with Gasteiger partial charge in [0.15, 0.2) is 0 Å². The highest BCUT2D eigenvalue weighted by Gasteiger charge is 2.29. The van der Waals surface area contributed by atoms with Gasteiger partial charge in [-0.1, -0.05) is 55.1 Å². The van der Waals surface area contributed by atoms with Crippen LogP contribution in [-0.4, -0.2) is 5.91 Å². The van der Waals surface area contributed by atoms with Crippen molar-refractivity contribution in [3.8, 4) is 11.1 Å². The Kier molecular flexibility index (Phi) is 5.36. The number of carbonyl (C=O) groups is 1. The highest BCUT2D eigenvalue weighted by molar-refractivity contribution is 5.89. The summed E-state index contributed by atoms with van der Waals surface area (Å²) in [7, 11) is 0. The van der Waals surface area contributed by atoms with Gasteiger partial charge in [-0.05, 0) is 52.1 Å². The maximum absolute atomic E-state index is 12.7. The van der Waals surface area contributed by atoms with Crippen LogP contribution in [0.2, 0.25) is 0 Å². The number of carbonyl (C=O) groups excluding carboxylic acids is 1. The van der Waals surface area contributed by atoms with E-state index in [0.29, 0.717) is 11.3 Å². The third-order valence-electron chi connectivity index (χ3n) is 4.33. The van der Waals surface area contributed by atoms with E-state index in [1.54, 1.807) is 12.1 Å². The summed E-state index contributed by atoms with van der Waals surface area (Å²) in [6.45, 7) is 5.56. The Morgan fingerprint density at radius 2 is 1.21 bits per heavy atom. The van der Waals surface area contributed by atoms with Crippen molar-refractivity contribution in [1.29, 1.82) is 0 Å². The van der Waals surface area contributed by atoms with Crippen molar-refractivity contribution in [2.24, 2.45) is 0 Å². The smallest absolute Gasteiger partial charge is 0.326 e. The molecule has 0 spiro atoms. The van der Waals surface area contributed by atoms with Gasteiger partial charge in [0.05, 0.1) is 5.56 Å². The third-order valence-corrected chi connectivity index (χ3v) is 4.33. The summed E-state index contributed by atoms with van der Waals surface area (Å²) in [6.07, 6.45) is -4.34. The minimum absolute atomic E-state index is 0.134. The zero-order valence-corrected chi connectivity index (χ0v) is 15.2. The fourth-order valence-electron chi connectivity index (χ4n) is 2.84. The fourth-order valence-corrected chi connectivity index (χ4v) is 2.84. The number of hydrogen-bond acceptors (Lipinski definition) is 1. The number of nitrogens with one attached hydrogen (secondary N) is 1. The SMILES string of the molecule is C=C(c1ccc(NC(C)=O)cc1)c1ccc(-c2ccc(C(F)(F)F)cc2)cc1. The van der Waals surface area contributed by atoms with Crippen LogP contribution in [-0.2, 0) is 11.0 Å². The van der Waals surface area contributed by atoms with Gasteiger partial charge in [-0.2, -0.15) is 13.2 Å². The van der Waals surface area contributed by atoms with Gasteiger partial charge < -0.3 is 5.32 Å². The van der Waals surface area contributed by atoms with Crippen LogP contribution in [0.5, 0.6) is 0 Å². The van der Waals surface area contributed by atoms with E-state index in [-0.39, 0.29) is 5.91 Å². The molecule has 3 rings (SSSR count). The lowest BCUT2D eigenvalue weighted by atomic mass is 9.96. The van der Waals surface area contributed by atoms with Gasteiger partial charge in [0, 0.05) is 12.6 Å². The van der Waals surface area contributed by atoms with Gasteiger partial charge in [-0.25, -0.2) is 0 Å². The number of halogens is 3. The zero-order chi connectivity index (χ0) is 20.3. The van der Waals surface area contributed by atoms with Crippen molar-refractivity contribution in [2.75, 3.05) is 5.32 Å². The zero-order valence-electron chi connectivity index (χ0n) is 15.2. The molecule has 0 unspecified atom stereocenters. The Bertz CT molecular complexity index is 986. The average molecular weight is 381 g/mol. The maximum Gasteiger partial charge on any atom is 0.416 e. The molecule has 0 saturated heterocycles. The molecule has 2 nitrogen and oxygen atoms in total. The number of amides is 1. The second-order valence-corrected chi connectivity index (χ2v) is 6.39. The Morgan fingerprint density at radius 1 is 0.786 bits per heavy atom. The van der Waals surface area contributed by atoms with Crippen molar-refractivity contribution in [3.05, 3.63) is 96.1 Å². The summed E-state index contributed by atoms with van der Waals surface area (Å²) in [6, 6.07) is 19.9. The van der Waals surface area contributed by atoms with E-state index < -0.39 is 11.7 Å². The highest BCUT2D eigenvalue weighted by atomic mass is 19.4. The van der Waals surface area contributed by atoms with E-state index in [1.165, 1.54) is 19.1 Å². The number of hydrogen-bond donors (Lipinski definition) is 1. The molecule has 0 radical (unpaired) electrons. The molecule has 142 valence electrons. The topological polar surface area (TPSA) is 29.1 Å². The fraction of sp³-hybridized carbons (Fsp3) is 0.0870. The van der Waals surface area contributed by atoms with Crippen LogP contribution >= 0.6 is 0 Å². The first kappa shape index (κ1) is 19.4. The van der Waals surface area contributed by atoms with Crippen molar-refractivity contribution >= 4 is 17.2 Å². The molecule has 0 aliphatic rings. The number of anilines is 1. The maximum atomic E-state index is 12.7. The lowest BCUT2D eigenvalue weighted by molar-refractivity contribution is -0.137. The van der Waals surface area contributed by atoms with Crippen LogP contribution in [0.4, 0.5) is 18.9 Å². The molecule has 28 heavy (non-hydrogen) atoms. The van der Waals surface area contributed by atoms with Crippen LogP contribution in [0.25, 0.3) is 16.7 Å². The Hall–Kier alpha value is -3.34. The quantitative estimate of drug-likeness (QED) is 0.557. The first-order valence-electron chi connectivity index (χ1n) is 8.59. The largest absolute Gasteiger partial charge is 0.416 e. The molecule has 0 aliphatic carbocycles. The van der Waals surface area contributed by atoms with Crippen LogP contribution in [0.15, 0.2) is 79.4 Å². The number of benzene rings is 3. The normalized spacial score (nSPS) is 11.1. The van der Waals surface area contributed by atoms with Crippen LogP contribution in [0, 0.1) is 0 Å². The minimum Gasteiger partial charge on any atom is -0.326 e. The van der Waals surface area contributed by atoms with E-state index in [2.05, 4.69) is 11.9 Å². The van der Waals surface area contributed by atoms with Gasteiger partial charge >= 0.3 is 6.18 Å². The summed E-state index contributed by atoms with van der Waals surface area (Å²) in [5.74, 6) is -0.134. The molecule has 0 bridgehead atoms. The number of alkyl halides is 3. The molecule has 0 aliphatic heterocycles. The molecule has 0 fully saturated rings. The Labute approximate surface area is 161 Å². The lowest BCUT2D eigenvalue weighted by Gasteiger charge is -2.10. The summed E-state index contributed by atoms with van der Waals surface area (Å²) in [5.41, 5.74) is 4.22. The third kappa shape index (κ3) is 4.49. The van der Waals surface area contributed by atoms with E-state index in [4.69, 9.17) is 0 Å². The highest BCUT2D eigenvalue weighted by Crippen LogP contribution is 2.31. The molecule has 1 amide bonds. The first-order valence-corrected chi connectivity index (χ1v) is 8.59. The molecule has 3 aromatic carbocycles. The molecular formula is C23H18F3NO. The van der Waals surface area contributed by atoms with Gasteiger partial charge in [0.1, 0.15) is 0 Å². The number of rotatable bonds is 4. The Morgan fingerprint density at radius 3 is 1.64 bits per heavy atom. The molecular weight excluding hydrogens is 363 g/mol. The summed E-state index contributed by atoms with van der Waals surface area (Å²) < 4.78 is 38.0. The second-order valence-electron chi connectivity index (χ2n) is 6.39. The molecule has 0 saturated carbocycles. The van der Waals surface area contributed by atoms with Gasteiger partial charge in [0.25, 0.3) is 0 Å². The molecule has 5 heteroatoms. The molecule has 0 atom stereocenters. The van der Waals surface area contributed by atoms with E-state index in [9.17, 15) is 18.0 Å². The predicted octanol–water partition coefficient (Wildman–Crippen LogP) is 6.39. The summed E-state index contributed by atoms with van der Waals surface area (Å²) in [4.78, 5) is 11.1. The van der Waals surface area contributed by atoms with Crippen LogP contribution in [0.1, 0.15) is 23.6 Å². The molecule has 1 N–H and O–H groups in total. The standard InChI is InChI=1S/C23H18F3NO/c1-15(18-9-13-22(14-10-18)27-16(2)28)17-3-5-19(6-4-17)20-7-11-21(12-8-20)23(24,25)26/h3-14H,1H2,2H3,(H,27,28). The lowest BCUT2D eigenvalue weighted by Crippen LogP contribution is -2.05. The second kappa shape index (κ2) is 7.72. The molecule has 0 heterocycles. The van der Waals surface area contributed by atoms with E-state index in [0.717, 1.165) is 34.4 Å². The molecule has 0 aromatic heterocycles. The van der Waals surface area contributed by atoms with Crippen LogP contribution in [0.3, 0.4) is 0 Å². The van der Waals surface area contributed by atoms with Crippen molar-refractivity contribution < 1.29 is 18.0 Å². The predicted molar refractivity (Wildman–Crippen MR) is 106 cm³/mol. The van der Waals surface area contributed by atoms with Crippen molar-refractivity contribution in [3.63, 3.8) is 0 Å². The summed E-state index contributed by atoms with van der Waals surface area (Å²) in [5, 5.41) is 2.71. The monoisotopic (exact) mass is 381 g/mol. The van der Waals surface area contributed by atoms with Gasteiger partial charge in [0.2, 0.25) is 5.91 Å². The van der Waals surface area contributed by atoms with Gasteiger partial charge in [-0.15, -0.1) is 0 Å². The van der Waals surface area contributed by atoms with E-state index in [1.807, 2.05) is 36.4 Å². The van der Waals surface area contributed by atoms with Crippen molar-refractivity contribution in [2.45, 2.75) is 13.1 Å². The Balaban J connectivity index is 1.76. The first-order chi connectivity index (χ1) is 13.2. The summed E-state index contributed by atoms with van der Waals surface area (Å²) >= 11 is 0. The van der Waals surface area contributed by atoms with Gasteiger partial charge in [-0.3, -0.25) is 4.79 Å². The average Bonchev–Trinajstić information content (AvgIpc) is 2.67. The van der Waals surface area contributed by atoms with Crippen molar-refractivity contribution in [1.82, 2.24) is 0 Å². The minimum atomic E-state index is -4.34. The van der Waals surface area contributed by atoms with E-state index >= 15 is 0 Å². The van der Waals surface area contributed by atoms with Crippen LogP contribution < -0.4 is 5.32 Å².